The first-order valence-corrected chi connectivity index (χ1v) is 7.65. The number of ether oxygens (including phenoxy) is 1. The lowest BCUT2D eigenvalue weighted by Crippen LogP contribution is -2.45. The van der Waals surface area contributed by atoms with Gasteiger partial charge in [-0.2, -0.15) is 0 Å². The second-order valence-corrected chi connectivity index (χ2v) is 6.95. The minimum atomic E-state index is -0.389. The van der Waals surface area contributed by atoms with Crippen molar-refractivity contribution in [1.82, 2.24) is 10.2 Å². The van der Waals surface area contributed by atoms with Crippen LogP contribution in [0.1, 0.15) is 52.9 Å². The molecular weight excluding hydrogens is 240 g/mol. The Kier molecular flexibility index (Phi) is 4.71. The smallest absolute Gasteiger partial charge is 0.410 e. The van der Waals surface area contributed by atoms with Gasteiger partial charge in [0.1, 0.15) is 5.60 Å². The molecule has 2 aliphatic rings. The molecule has 2 fully saturated rings. The summed E-state index contributed by atoms with van der Waals surface area (Å²) < 4.78 is 5.46. The van der Waals surface area contributed by atoms with Gasteiger partial charge >= 0.3 is 6.09 Å². The highest BCUT2D eigenvalue weighted by Crippen LogP contribution is 2.24. The molecule has 2 heterocycles. The second-order valence-electron chi connectivity index (χ2n) is 6.95. The molecule has 110 valence electrons. The Morgan fingerprint density at radius 1 is 1.32 bits per heavy atom. The molecule has 2 unspecified atom stereocenters. The Labute approximate surface area is 116 Å². The molecule has 0 spiro atoms. The predicted octanol–water partition coefficient (Wildman–Crippen LogP) is 2.78. The van der Waals surface area contributed by atoms with Gasteiger partial charge in [-0.1, -0.05) is 0 Å². The number of rotatable bonds is 3. The maximum Gasteiger partial charge on any atom is 0.410 e. The summed E-state index contributed by atoms with van der Waals surface area (Å²) in [5.74, 6) is 0.656. The molecule has 1 amide bonds. The molecule has 0 bridgehead atoms. The highest BCUT2D eigenvalue weighted by Gasteiger charge is 2.28. The molecule has 0 aliphatic carbocycles. The zero-order valence-corrected chi connectivity index (χ0v) is 12.6. The van der Waals surface area contributed by atoms with Crippen molar-refractivity contribution in [3.8, 4) is 0 Å². The van der Waals surface area contributed by atoms with Crippen LogP contribution in [0.3, 0.4) is 0 Å². The van der Waals surface area contributed by atoms with Gasteiger partial charge in [0, 0.05) is 19.1 Å². The first kappa shape index (κ1) is 14.6. The van der Waals surface area contributed by atoms with Crippen molar-refractivity contribution in [2.75, 3.05) is 19.6 Å². The molecule has 19 heavy (non-hydrogen) atoms. The van der Waals surface area contributed by atoms with Gasteiger partial charge in [-0.25, -0.2) is 4.79 Å². The first-order chi connectivity index (χ1) is 8.94. The summed E-state index contributed by atoms with van der Waals surface area (Å²) in [4.78, 5) is 14.0. The van der Waals surface area contributed by atoms with E-state index >= 15 is 0 Å². The van der Waals surface area contributed by atoms with Crippen molar-refractivity contribution in [3.05, 3.63) is 0 Å². The van der Waals surface area contributed by atoms with E-state index in [1.807, 2.05) is 25.7 Å². The van der Waals surface area contributed by atoms with Crippen molar-refractivity contribution in [2.45, 2.75) is 64.5 Å². The number of carbonyl (C=O) groups excluding carboxylic acids is 1. The van der Waals surface area contributed by atoms with E-state index in [9.17, 15) is 4.79 Å². The lowest BCUT2D eigenvalue weighted by Gasteiger charge is -2.35. The summed E-state index contributed by atoms with van der Waals surface area (Å²) in [7, 11) is 0. The molecule has 2 aliphatic heterocycles. The van der Waals surface area contributed by atoms with Gasteiger partial charge in [0.2, 0.25) is 0 Å². The van der Waals surface area contributed by atoms with Crippen LogP contribution in [-0.2, 0) is 4.74 Å². The van der Waals surface area contributed by atoms with Crippen LogP contribution in [0, 0.1) is 5.92 Å². The quantitative estimate of drug-likeness (QED) is 0.855. The van der Waals surface area contributed by atoms with E-state index in [1.165, 1.54) is 32.2 Å². The number of hydrogen-bond acceptors (Lipinski definition) is 3. The number of piperidine rings is 1. The van der Waals surface area contributed by atoms with E-state index in [4.69, 9.17) is 4.74 Å². The Morgan fingerprint density at radius 2 is 2.05 bits per heavy atom. The van der Waals surface area contributed by atoms with Crippen LogP contribution in [0.2, 0.25) is 0 Å². The van der Waals surface area contributed by atoms with E-state index in [-0.39, 0.29) is 11.7 Å². The molecule has 0 radical (unpaired) electrons. The van der Waals surface area contributed by atoms with Crippen LogP contribution in [0.4, 0.5) is 4.79 Å². The maximum absolute atomic E-state index is 12.1. The number of amides is 1. The number of hydrogen-bond donors (Lipinski definition) is 1. The number of nitrogens with zero attached hydrogens (tertiary/aromatic N) is 1. The molecule has 4 nitrogen and oxygen atoms in total. The predicted molar refractivity (Wildman–Crippen MR) is 76.2 cm³/mol. The summed E-state index contributed by atoms with van der Waals surface area (Å²) >= 11 is 0. The van der Waals surface area contributed by atoms with Crippen molar-refractivity contribution in [1.29, 1.82) is 0 Å². The molecule has 1 N–H and O–H groups in total. The Hall–Kier alpha value is -0.770. The average molecular weight is 268 g/mol. The number of nitrogens with one attached hydrogen (secondary N) is 1. The van der Waals surface area contributed by atoms with Gasteiger partial charge in [-0.3, -0.25) is 0 Å². The third kappa shape index (κ3) is 4.68. The molecule has 2 atom stereocenters. The van der Waals surface area contributed by atoms with Gasteiger partial charge in [0.05, 0.1) is 0 Å². The van der Waals surface area contributed by atoms with E-state index in [0.717, 1.165) is 25.6 Å². The van der Waals surface area contributed by atoms with E-state index in [1.54, 1.807) is 0 Å². The molecule has 2 rings (SSSR count). The van der Waals surface area contributed by atoms with Crippen LogP contribution >= 0.6 is 0 Å². The normalized spacial score (nSPS) is 27.8. The monoisotopic (exact) mass is 268 g/mol. The van der Waals surface area contributed by atoms with Crippen molar-refractivity contribution in [2.24, 2.45) is 5.92 Å². The zero-order valence-electron chi connectivity index (χ0n) is 12.6. The zero-order chi connectivity index (χ0) is 13.9. The van der Waals surface area contributed by atoms with Crippen LogP contribution in [0.25, 0.3) is 0 Å². The maximum atomic E-state index is 12.1. The number of carbonyl (C=O) groups is 1. The summed E-state index contributed by atoms with van der Waals surface area (Å²) in [5.41, 5.74) is -0.389. The van der Waals surface area contributed by atoms with Crippen LogP contribution in [0.5, 0.6) is 0 Å². The summed E-state index contributed by atoms with van der Waals surface area (Å²) in [5, 5.41) is 3.44. The Bertz CT molecular complexity index is 308. The average Bonchev–Trinajstić information content (AvgIpc) is 2.25. The molecule has 2 saturated heterocycles. The molecular formula is C15H28N2O2. The summed E-state index contributed by atoms with van der Waals surface area (Å²) in [6.45, 7) is 8.69. The summed E-state index contributed by atoms with van der Waals surface area (Å²) in [6.07, 6.45) is 6.04. The third-order valence-electron chi connectivity index (χ3n) is 4.02. The van der Waals surface area contributed by atoms with Gasteiger partial charge in [-0.15, -0.1) is 0 Å². The van der Waals surface area contributed by atoms with Crippen molar-refractivity contribution in [3.63, 3.8) is 0 Å². The molecule has 0 aromatic heterocycles. The van der Waals surface area contributed by atoms with E-state index in [0.29, 0.717) is 5.92 Å². The largest absolute Gasteiger partial charge is 0.444 e. The molecule has 0 aromatic rings. The van der Waals surface area contributed by atoms with Crippen LogP contribution in [-0.4, -0.2) is 42.3 Å². The highest BCUT2D eigenvalue weighted by molar-refractivity contribution is 5.68. The van der Waals surface area contributed by atoms with Gasteiger partial charge in [0.15, 0.2) is 0 Å². The van der Waals surface area contributed by atoms with Gasteiger partial charge in [-0.05, 0) is 65.3 Å². The lowest BCUT2D eigenvalue weighted by atomic mass is 9.90. The fraction of sp³-hybridized carbons (Fsp3) is 0.933. The van der Waals surface area contributed by atoms with E-state index < -0.39 is 0 Å². The third-order valence-corrected chi connectivity index (χ3v) is 4.02. The topological polar surface area (TPSA) is 41.6 Å². The number of likely N-dealkylation sites (tertiary alicyclic amines) is 1. The highest BCUT2D eigenvalue weighted by atomic mass is 16.6. The Morgan fingerprint density at radius 3 is 2.63 bits per heavy atom. The lowest BCUT2D eigenvalue weighted by molar-refractivity contribution is 0.0158. The van der Waals surface area contributed by atoms with Crippen molar-refractivity contribution < 1.29 is 9.53 Å². The van der Waals surface area contributed by atoms with Gasteiger partial charge < -0.3 is 15.0 Å². The first-order valence-electron chi connectivity index (χ1n) is 7.65. The standard InChI is InChI=1S/C15H28N2O2/c1-15(2,3)19-14(18)17-10-4-5-12(11-17)6-7-13-8-9-16-13/h12-13,16H,4-11H2,1-3H3. The Balaban J connectivity index is 1.74. The summed E-state index contributed by atoms with van der Waals surface area (Å²) in [6, 6.07) is 0.733. The van der Waals surface area contributed by atoms with E-state index in [2.05, 4.69) is 5.32 Å². The fourth-order valence-electron chi connectivity index (χ4n) is 2.82. The SMILES string of the molecule is CC(C)(C)OC(=O)N1CCCC(CCC2CCN2)C1. The minimum absolute atomic E-state index is 0.140. The van der Waals surface area contributed by atoms with Gasteiger partial charge in [0.25, 0.3) is 0 Å². The van der Waals surface area contributed by atoms with Crippen LogP contribution < -0.4 is 5.32 Å². The molecule has 4 heteroatoms. The minimum Gasteiger partial charge on any atom is -0.444 e. The molecule has 0 aromatic carbocycles. The fourth-order valence-corrected chi connectivity index (χ4v) is 2.82. The van der Waals surface area contributed by atoms with Crippen LogP contribution in [0.15, 0.2) is 0 Å². The molecule has 0 saturated carbocycles. The van der Waals surface area contributed by atoms with Crippen molar-refractivity contribution >= 4 is 6.09 Å². The second kappa shape index (κ2) is 6.12.